The average Bonchev–Trinajstić information content (AvgIpc) is 2.83. The SMILES string of the molecule is O=C(CCCC(=O)N1CCCCC1)N[C@@H](Cc1cc(F)cc(F)c1)[C@@H](O)CNCc1cccc(I)c1. The average molecular weight is 613 g/mol. The number of amides is 2. The van der Waals surface area contributed by atoms with E-state index >= 15 is 0 Å². The number of rotatable bonds is 12. The van der Waals surface area contributed by atoms with Crippen molar-refractivity contribution >= 4 is 34.4 Å². The fraction of sp³-hybridized carbons (Fsp3) is 0.481. The predicted octanol–water partition coefficient (Wildman–Crippen LogP) is 3.93. The molecular formula is C27H34F2IN3O3. The van der Waals surface area contributed by atoms with E-state index in [0.29, 0.717) is 24.9 Å². The Morgan fingerprint density at radius 2 is 1.72 bits per heavy atom. The Hall–Kier alpha value is -2.11. The summed E-state index contributed by atoms with van der Waals surface area (Å²) >= 11 is 2.23. The number of hydrogen-bond donors (Lipinski definition) is 3. The summed E-state index contributed by atoms with van der Waals surface area (Å²) in [4.78, 5) is 26.9. The number of halogens is 3. The molecule has 196 valence electrons. The van der Waals surface area contributed by atoms with Gasteiger partial charge in [-0.1, -0.05) is 12.1 Å². The summed E-state index contributed by atoms with van der Waals surface area (Å²) in [5, 5.41) is 16.8. The van der Waals surface area contributed by atoms with Gasteiger partial charge in [0.25, 0.3) is 0 Å². The Morgan fingerprint density at radius 1 is 1.00 bits per heavy atom. The Balaban J connectivity index is 1.54. The molecule has 2 amide bonds. The minimum atomic E-state index is -0.988. The lowest BCUT2D eigenvalue weighted by atomic mass is 10.00. The van der Waals surface area contributed by atoms with E-state index in [2.05, 4.69) is 33.2 Å². The van der Waals surface area contributed by atoms with E-state index in [-0.39, 0.29) is 31.2 Å². The van der Waals surface area contributed by atoms with Gasteiger partial charge in [-0.15, -0.1) is 0 Å². The van der Waals surface area contributed by atoms with E-state index in [1.807, 2.05) is 29.2 Å². The molecule has 0 bridgehead atoms. The van der Waals surface area contributed by atoms with Gasteiger partial charge in [-0.3, -0.25) is 9.59 Å². The second kappa shape index (κ2) is 14.6. The molecule has 1 aliphatic rings. The Labute approximate surface area is 225 Å². The molecule has 0 unspecified atom stereocenters. The van der Waals surface area contributed by atoms with Crippen LogP contribution in [0.15, 0.2) is 42.5 Å². The number of aliphatic hydroxyl groups excluding tert-OH is 1. The molecule has 0 radical (unpaired) electrons. The summed E-state index contributed by atoms with van der Waals surface area (Å²) in [5.41, 5.74) is 1.40. The highest BCUT2D eigenvalue weighted by atomic mass is 127. The standard InChI is InChI=1S/C27H34F2IN3O3/c28-21-12-20(13-22(29)16-21)15-24(25(34)18-31-17-19-6-4-7-23(30)14-19)32-26(35)8-5-9-27(36)33-10-2-1-3-11-33/h4,6-7,12-14,16,24-25,31,34H,1-3,5,8-11,15,17-18H2,(H,32,35)/t24-,25-/m0/s1. The maximum atomic E-state index is 13.7. The molecule has 3 N–H and O–H groups in total. The molecular weight excluding hydrogens is 579 g/mol. The van der Waals surface area contributed by atoms with Crippen LogP contribution in [0.25, 0.3) is 0 Å². The van der Waals surface area contributed by atoms with Gasteiger partial charge in [-0.25, -0.2) is 8.78 Å². The molecule has 1 fully saturated rings. The van der Waals surface area contributed by atoms with Crippen LogP contribution in [0.3, 0.4) is 0 Å². The Bertz CT molecular complexity index is 997. The zero-order chi connectivity index (χ0) is 25.9. The van der Waals surface area contributed by atoms with Gasteiger partial charge in [0.15, 0.2) is 0 Å². The maximum absolute atomic E-state index is 13.7. The highest BCUT2D eigenvalue weighted by molar-refractivity contribution is 14.1. The van der Waals surface area contributed by atoms with Gasteiger partial charge in [-0.2, -0.15) is 0 Å². The van der Waals surface area contributed by atoms with Gasteiger partial charge in [0.1, 0.15) is 11.6 Å². The normalized spacial score (nSPS) is 15.4. The van der Waals surface area contributed by atoms with E-state index in [1.54, 1.807) is 0 Å². The number of hydrogen-bond acceptors (Lipinski definition) is 4. The van der Waals surface area contributed by atoms with Crippen LogP contribution in [-0.2, 0) is 22.6 Å². The summed E-state index contributed by atoms with van der Waals surface area (Å²) < 4.78 is 28.5. The van der Waals surface area contributed by atoms with Crippen molar-refractivity contribution in [3.8, 4) is 0 Å². The summed E-state index contributed by atoms with van der Waals surface area (Å²) in [5.74, 6) is -1.66. The molecule has 0 spiro atoms. The van der Waals surface area contributed by atoms with Crippen molar-refractivity contribution in [2.45, 2.75) is 63.6 Å². The van der Waals surface area contributed by atoms with Gasteiger partial charge in [0, 0.05) is 48.7 Å². The molecule has 36 heavy (non-hydrogen) atoms. The van der Waals surface area contributed by atoms with Crippen LogP contribution in [0.1, 0.15) is 49.7 Å². The van der Waals surface area contributed by atoms with Crippen LogP contribution in [0.4, 0.5) is 8.78 Å². The second-order valence-electron chi connectivity index (χ2n) is 9.28. The van der Waals surface area contributed by atoms with Crippen molar-refractivity contribution in [2.24, 2.45) is 0 Å². The van der Waals surface area contributed by atoms with Crippen LogP contribution in [0, 0.1) is 15.2 Å². The molecule has 6 nitrogen and oxygen atoms in total. The molecule has 1 heterocycles. The van der Waals surface area contributed by atoms with Crippen molar-refractivity contribution in [1.82, 2.24) is 15.5 Å². The van der Waals surface area contributed by atoms with Gasteiger partial charge >= 0.3 is 0 Å². The number of nitrogens with one attached hydrogen (secondary N) is 2. The monoisotopic (exact) mass is 613 g/mol. The summed E-state index contributed by atoms with van der Waals surface area (Å²) in [6.07, 6.45) is 3.10. The first-order valence-corrected chi connectivity index (χ1v) is 13.5. The van der Waals surface area contributed by atoms with Crippen molar-refractivity contribution in [3.05, 3.63) is 68.8 Å². The van der Waals surface area contributed by atoms with Crippen LogP contribution in [-0.4, -0.2) is 53.6 Å². The van der Waals surface area contributed by atoms with Crippen LogP contribution < -0.4 is 10.6 Å². The molecule has 9 heteroatoms. The molecule has 0 aromatic heterocycles. The van der Waals surface area contributed by atoms with Gasteiger partial charge in [0.05, 0.1) is 12.1 Å². The van der Waals surface area contributed by atoms with Crippen LogP contribution >= 0.6 is 22.6 Å². The molecule has 2 aromatic carbocycles. The first-order chi connectivity index (χ1) is 17.3. The zero-order valence-corrected chi connectivity index (χ0v) is 22.5. The Kier molecular flexibility index (Phi) is 11.5. The van der Waals surface area contributed by atoms with E-state index in [9.17, 15) is 23.5 Å². The number of benzene rings is 2. The van der Waals surface area contributed by atoms with Crippen molar-refractivity contribution < 1.29 is 23.5 Å². The van der Waals surface area contributed by atoms with Crippen molar-refractivity contribution in [2.75, 3.05) is 19.6 Å². The summed E-state index contributed by atoms with van der Waals surface area (Å²) in [7, 11) is 0. The number of piperidine rings is 1. The molecule has 2 aromatic rings. The number of nitrogens with zero attached hydrogens (tertiary/aromatic N) is 1. The van der Waals surface area contributed by atoms with E-state index in [4.69, 9.17) is 0 Å². The lowest BCUT2D eigenvalue weighted by molar-refractivity contribution is -0.132. The second-order valence-corrected chi connectivity index (χ2v) is 10.5. The van der Waals surface area contributed by atoms with E-state index < -0.39 is 23.8 Å². The highest BCUT2D eigenvalue weighted by Crippen LogP contribution is 2.14. The third-order valence-corrected chi connectivity index (χ3v) is 6.93. The fourth-order valence-electron chi connectivity index (χ4n) is 4.40. The summed E-state index contributed by atoms with van der Waals surface area (Å²) in [6.45, 7) is 2.26. The zero-order valence-electron chi connectivity index (χ0n) is 20.3. The van der Waals surface area contributed by atoms with Crippen molar-refractivity contribution in [3.63, 3.8) is 0 Å². The molecule has 0 aliphatic carbocycles. The first kappa shape index (κ1) is 28.5. The minimum absolute atomic E-state index is 0.0640. The number of aliphatic hydroxyl groups is 1. The molecule has 1 aliphatic heterocycles. The van der Waals surface area contributed by atoms with Crippen LogP contribution in [0.2, 0.25) is 0 Å². The predicted molar refractivity (Wildman–Crippen MR) is 143 cm³/mol. The topological polar surface area (TPSA) is 81.7 Å². The first-order valence-electron chi connectivity index (χ1n) is 12.5. The Morgan fingerprint density at radius 3 is 2.42 bits per heavy atom. The molecule has 3 rings (SSSR count). The lowest BCUT2D eigenvalue weighted by Gasteiger charge is -2.27. The molecule has 0 saturated carbocycles. The molecule has 1 saturated heterocycles. The van der Waals surface area contributed by atoms with E-state index in [1.165, 1.54) is 12.1 Å². The third kappa shape index (κ3) is 9.74. The minimum Gasteiger partial charge on any atom is -0.390 e. The van der Waals surface area contributed by atoms with E-state index in [0.717, 1.165) is 47.6 Å². The maximum Gasteiger partial charge on any atom is 0.222 e. The highest BCUT2D eigenvalue weighted by Gasteiger charge is 2.23. The van der Waals surface area contributed by atoms with Gasteiger partial charge in [0.2, 0.25) is 11.8 Å². The number of likely N-dealkylation sites (tertiary alicyclic amines) is 1. The molecule has 2 atom stereocenters. The largest absolute Gasteiger partial charge is 0.390 e. The van der Waals surface area contributed by atoms with Gasteiger partial charge in [-0.05, 0) is 90.1 Å². The number of carbonyl (C=O) groups is 2. The summed E-state index contributed by atoms with van der Waals surface area (Å²) in [6, 6.07) is 10.4. The van der Waals surface area contributed by atoms with Crippen molar-refractivity contribution in [1.29, 1.82) is 0 Å². The number of carbonyl (C=O) groups excluding carboxylic acids is 2. The fourth-order valence-corrected chi connectivity index (χ4v) is 5.01. The van der Waals surface area contributed by atoms with Gasteiger partial charge < -0.3 is 20.6 Å². The smallest absolute Gasteiger partial charge is 0.222 e. The van der Waals surface area contributed by atoms with Crippen LogP contribution in [0.5, 0.6) is 0 Å². The third-order valence-electron chi connectivity index (χ3n) is 6.26. The lowest BCUT2D eigenvalue weighted by Crippen LogP contribution is -2.48. The quantitative estimate of drug-likeness (QED) is 0.317.